The Labute approximate surface area is 208 Å². The van der Waals surface area contributed by atoms with Crippen molar-refractivity contribution in [2.75, 3.05) is 18.8 Å². The summed E-state index contributed by atoms with van der Waals surface area (Å²) >= 11 is 0. The number of aryl methyl sites for hydroxylation is 2. The van der Waals surface area contributed by atoms with Crippen molar-refractivity contribution in [1.29, 1.82) is 0 Å². The summed E-state index contributed by atoms with van der Waals surface area (Å²) in [6.07, 6.45) is 1.36. The number of fused-ring (bicyclic) bond motifs is 1. The molecule has 3 aromatic heterocycles. The summed E-state index contributed by atoms with van der Waals surface area (Å²) in [7, 11) is 0. The number of hydrogen-bond donors (Lipinski definition) is 2. The van der Waals surface area contributed by atoms with Crippen molar-refractivity contribution in [2.24, 2.45) is 0 Å². The van der Waals surface area contributed by atoms with Gasteiger partial charge in [-0.25, -0.2) is 9.78 Å². The molecule has 0 saturated heterocycles. The molecule has 4 rings (SSSR count). The van der Waals surface area contributed by atoms with Crippen LogP contribution in [0.1, 0.15) is 57.5 Å². The lowest BCUT2D eigenvalue weighted by Gasteiger charge is -2.29. The van der Waals surface area contributed by atoms with E-state index in [1.54, 1.807) is 4.57 Å². The Morgan fingerprint density at radius 3 is 2.39 bits per heavy atom. The molecule has 192 valence electrons. The molecule has 1 aromatic carbocycles. The van der Waals surface area contributed by atoms with Crippen molar-refractivity contribution < 1.29 is 0 Å². The molecule has 1 atom stereocenters. The summed E-state index contributed by atoms with van der Waals surface area (Å²) in [5, 5.41) is 14.3. The van der Waals surface area contributed by atoms with Crippen LogP contribution in [0, 0.1) is 0 Å². The summed E-state index contributed by atoms with van der Waals surface area (Å²) < 4.78 is 4.89. The zero-order chi connectivity index (χ0) is 25.8. The van der Waals surface area contributed by atoms with Crippen LogP contribution in [0.4, 0.5) is 5.69 Å². The smallest absolute Gasteiger partial charge is 0.332 e. The number of H-pyrrole nitrogens is 1. The van der Waals surface area contributed by atoms with Crippen LogP contribution in [0.2, 0.25) is 0 Å². The molecule has 36 heavy (non-hydrogen) atoms. The number of nitrogens with zero attached hydrogens (tertiary/aromatic N) is 8. The Morgan fingerprint density at radius 1 is 1.06 bits per heavy atom. The predicted molar refractivity (Wildman–Crippen MR) is 138 cm³/mol. The highest BCUT2D eigenvalue weighted by Crippen LogP contribution is 2.23. The number of hydrogen-bond acceptors (Lipinski definition) is 8. The number of benzene rings is 1. The molecule has 0 spiro atoms. The fourth-order valence-electron chi connectivity index (χ4n) is 4.69. The Balaban J connectivity index is 1.94. The lowest BCUT2D eigenvalue weighted by Crippen LogP contribution is -2.41. The summed E-state index contributed by atoms with van der Waals surface area (Å²) in [5.41, 5.74) is 7.67. The molecule has 3 N–H and O–H groups in total. The van der Waals surface area contributed by atoms with Crippen molar-refractivity contribution in [2.45, 2.75) is 66.2 Å². The quantitative estimate of drug-likeness (QED) is 0.299. The van der Waals surface area contributed by atoms with E-state index in [0.717, 1.165) is 18.7 Å². The van der Waals surface area contributed by atoms with Crippen LogP contribution in [-0.2, 0) is 25.9 Å². The van der Waals surface area contributed by atoms with Gasteiger partial charge in [-0.1, -0.05) is 38.1 Å². The van der Waals surface area contributed by atoms with E-state index in [4.69, 9.17) is 10.7 Å². The van der Waals surface area contributed by atoms with E-state index >= 15 is 0 Å². The van der Waals surface area contributed by atoms with Crippen LogP contribution in [0.25, 0.3) is 11.2 Å². The number of nitrogen functional groups attached to an aromatic ring is 1. The van der Waals surface area contributed by atoms with E-state index in [1.807, 2.05) is 42.7 Å². The van der Waals surface area contributed by atoms with Crippen molar-refractivity contribution in [3.05, 3.63) is 62.3 Å². The molecular formula is C24H34N10O2. The lowest BCUT2D eigenvalue weighted by molar-refractivity contribution is 0.172. The highest BCUT2D eigenvalue weighted by molar-refractivity contribution is 5.71. The summed E-state index contributed by atoms with van der Waals surface area (Å²) in [6.45, 7) is 10.4. The van der Waals surface area contributed by atoms with Crippen LogP contribution in [-0.4, -0.2) is 57.3 Å². The van der Waals surface area contributed by atoms with E-state index in [0.29, 0.717) is 54.4 Å². The Hall–Kier alpha value is -3.80. The van der Waals surface area contributed by atoms with Gasteiger partial charge in [0.1, 0.15) is 5.82 Å². The third-order valence-corrected chi connectivity index (χ3v) is 6.60. The van der Waals surface area contributed by atoms with Gasteiger partial charge in [0.25, 0.3) is 5.56 Å². The zero-order valence-electron chi connectivity index (χ0n) is 21.3. The number of aromatic nitrogens is 8. The predicted octanol–water partition coefficient (Wildman–Crippen LogP) is 1.56. The number of aromatic amines is 1. The summed E-state index contributed by atoms with van der Waals surface area (Å²) in [4.78, 5) is 34.4. The Bertz CT molecular complexity index is 1410. The number of anilines is 1. The number of imidazole rings is 1. The number of nitrogens with two attached hydrogens (primary N) is 1. The average molecular weight is 495 g/mol. The minimum absolute atomic E-state index is 0.169. The lowest BCUT2D eigenvalue weighted by atomic mass is 10.1. The van der Waals surface area contributed by atoms with Gasteiger partial charge in [0.15, 0.2) is 17.0 Å². The largest absolute Gasteiger partial charge is 0.399 e. The fraction of sp³-hybridized carbons (Fsp3) is 0.500. The maximum atomic E-state index is 13.8. The van der Waals surface area contributed by atoms with Gasteiger partial charge in [-0.15, -0.1) is 10.2 Å². The molecule has 3 heterocycles. The van der Waals surface area contributed by atoms with Crippen molar-refractivity contribution in [1.82, 2.24) is 44.2 Å². The monoisotopic (exact) mass is 494 g/mol. The van der Waals surface area contributed by atoms with Gasteiger partial charge in [-0.05, 0) is 50.6 Å². The molecule has 0 radical (unpaired) electrons. The second-order valence-electron chi connectivity index (χ2n) is 8.81. The van der Waals surface area contributed by atoms with E-state index < -0.39 is 0 Å². The van der Waals surface area contributed by atoms with Gasteiger partial charge in [-0.2, -0.15) is 5.21 Å². The molecular weight excluding hydrogens is 460 g/mol. The first-order chi connectivity index (χ1) is 17.4. The minimum atomic E-state index is -0.351. The highest BCUT2D eigenvalue weighted by atomic mass is 16.2. The number of tetrazole rings is 1. The topological polar surface area (TPSA) is 146 Å². The third kappa shape index (κ3) is 4.81. The molecule has 0 fully saturated rings. The van der Waals surface area contributed by atoms with E-state index in [9.17, 15) is 9.59 Å². The molecule has 12 heteroatoms. The van der Waals surface area contributed by atoms with Crippen LogP contribution in [0.5, 0.6) is 0 Å². The number of rotatable bonds is 11. The molecule has 0 aliphatic rings. The van der Waals surface area contributed by atoms with Gasteiger partial charge in [0, 0.05) is 18.8 Å². The average Bonchev–Trinajstić information content (AvgIpc) is 3.52. The second kappa shape index (κ2) is 10.9. The summed E-state index contributed by atoms with van der Waals surface area (Å²) in [5.74, 6) is 1.07. The molecule has 0 aliphatic carbocycles. The molecule has 0 aliphatic heterocycles. The zero-order valence-corrected chi connectivity index (χ0v) is 21.3. The summed E-state index contributed by atoms with van der Waals surface area (Å²) in [6, 6.07) is 7.58. The first kappa shape index (κ1) is 25.3. The van der Waals surface area contributed by atoms with Crippen LogP contribution < -0.4 is 17.0 Å². The maximum absolute atomic E-state index is 13.8. The Morgan fingerprint density at radius 2 is 1.78 bits per heavy atom. The molecule has 0 saturated carbocycles. The van der Waals surface area contributed by atoms with Gasteiger partial charge < -0.3 is 10.3 Å². The number of nitrogens with one attached hydrogen (secondary N) is 1. The van der Waals surface area contributed by atoms with E-state index in [2.05, 4.69) is 39.4 Å². The molecule has 4 aromatic rings. The highest BCUT2D eigenvalue weighted by Gasteiger charge is 2.26. The first-order valence-electron chi connectivity index (χ1n) is 12.4. The fourth-order valence-corrected chi connectivity index (χ4v) is 4.69. The van der Waals surface area contributed by atoms with Crippen molar-refractivity contribution in [3.63, 3.8) is 0 Å². The molecule has 0 bridgehead atoms. The van der Waals surface area contributed by atoms with Crippen LogP contribution >= 0.6 is 0 Å². The van der Waals surface area contributed by atoms with Gasteiger partial charge in [0.2, 0.25) is 0 Å². The Kier molecular flexibility index (Phi) is 7.63. The normalized spacial score (nSPS) is 12.6. The second-order valence-corrected chi connectivity index (χ2v) is 8.81. The van der Waals surface area contributed by atoms with Gasteiger partial charge in [0.05, 0.1) is 12.6 Å². The first-order valence-corrected chi connectivity index (χ1v) is 12.4. The maximum Gasteiger partial charge on any atom is 0.332 e. The minimum Gasteiger partial charge on any atom is -0.399 e. The standard InChI is InChI=1S/C24H34N10O2/c1-5-13-33-23(35)21-22(32(24(33)36)14-12-17-8-10-18(25)11-9-17)26-20(15-19-27-29-30-28-19)34(21)16(4)31(6-2)7-3/h8-11,16H,5-7,12-15,25H2,1-4H3,(H,27,28,29,30). The molecule has 12 nitrogen and oxygen atoms in total. The van der Waals surface area contributed by atoms with Crippen LogP contribution in [0.3, 0.4) is 0 Å². The van der Waals surface area contributed by atoms with Gasteiger partial charge >= 0.3 is 5.69 Å². The molecule has 0 amide bonds. The van der Waals surface area contributed by atoms with Crippen molar-refractivity contribution in [3.8, 4) is 0 Å². The van der Waals surface area contributed by atoms with Gasteiger partial charge in [-0.3, -0.25) is 18.8 Å². The third-order valence-electron chi connectivity index (χ3n) is 6.60. The van der Waals surface area contributed by atoms with Crippen molar-refractivity contribution >= 4 is 16.9 Å². The van der Waals surface area contributed by atoms with E-state index in [-0.39, 0.29) is 23.8 Å². The molecule has 1 unspecified atom stereocenters. The van der Waals surface area contributed by atoms with Crippen LogP contribution in [0.15, 0.2) is 33.9 Å². The van der Waals surface area contributed by atoms with E-state index in [1.165, 1.54) is 4.57 Å². The SMILES string of the molecule is CCCn1c(=O)c2c(nc(Cc3nn[nH]n3)n2C(C)N(CC)CC)n(CCc2ccc(N)cc2)c1=O.